The molecule has 0 spiro atoms. The Morgan fingerprint density at radius 3 is 1.83 bits per heavy atom. The molecule has 3 aliphatic rings. The van der Waals surface area contributed by atoms with Crippen molar-refractivity contribution in [1.82, 2.24) is 4.90 Å². The van der Waals surface area contributed by atoms with Gasteiger partial charge in [0.25, 0.3) is 0 Å². The van der Waals surface area contributed by atoms with Crippen LogP contribution in [0.2, 0.25) is 0 Å². The van der Waals surface area contributed by atoms with Crippen LogP contribution in [-0.4, -0.2) is 24.0 Å². The summed E-state index contributed by atoms with van der Waals surface area (Å²) in [7, 11) is 2.15. The lowest BCUT2D eigenvalue weighted by Crippen LogP contribution is -2.32. The van der Waals surface area contributed by atoms with Gasteiger partial charge in [0.2, 0.25) is 0 Å². The van der Waals surface area contributed by atoms with Crippen LogP contribution in [0.1, 0.15) is 285 Å². The Hall–Kier alpha value is -2.00. The van der Waals surface area contributed by atoms with Crippen LogP contribution in [0.25, 0.3) is 6.08 Å². The zero-order valence-corrected chi connectivity index (χ0v) is 51.4. The molecule has 3 heteroatoms. The predicted molar refractivity (Wildman–Crippen MR) is 318 cm³/mol. The quantitative estimate of drug-likeness (QED) is 0.133. The molecule has 6 atom stereocenters. The summed E-state index contributed by atoms with van der Waals surface area (Å²) < 4.78 is 28.5. The normalized spacial score (nSPS) is 21.3. The Labute approximate surface area is 440 Å². The molecule has 4 rings (SSSR count). The number of allylic oxidation sites excluding steroid dienone is 6. The first kappa shape index (κ1) is 72.2. The summed E-state index contributed by atoms with van der Waals surface area (Å²) in [6, 6.07) is 4.29. The third-order valence-corrected chi connectivity index (χ3v) is 15.8. The van der Waals surface area contributed by atoms with Crippen molar-refractivity contribution in [3.63, 3.8) is 0 Å². The van der Waals surface area contributed by atoms with Crippen molar-refractivity contribution in [3.05, 3.63) is 76.9 Å². The van der Waals surface area contributed by atoms with Gasteiger partial charge >= 0.3 is 0 Å². The first-order valence-electron chi connectivity index (χ1n) is 30.0. The zero-order chi connectivity index (χ0) is 54.5. The number of fused-ring (bicyclic) bond motifs is 2. The molecule has 1 aromatic rings. The van der Waals surface area contributed by atoms with Gasteiger partial charge in [-0.15, -0.1) is 6.58 Å². The SMILES string of the molecule is C=CCC(CC)CCCC.CC.CC.CC(C)N(C)C(C)C.CCC.CCCCC(C)C.CCc1c(F)cc(/C=C\C2C=C3CCCC4CCC(CCC(C)(C)CC)C4(C)CCC(C)C3=CC2)cc1F. The van der Waals surface area contributed by atoms with E-state index in [2.05, 4.69) is 148 Å². The van der Waals surface area contributed by atoms with Crippen LogP contribution >= 0.6 is 0 Å². The van der Waals surface area contributed by atoms with Gasteiger partial charge in [0.15, 0.2) is 0 Å². The van der Waals surface area contributed by atoms with E-state index in [9.17, 15) is 8.78 Å². The summed E-state index contributed by atoms with van der Waals surface area (Å²) in [5, 5.41) is 0. The maximum atomic E-state index is 14.3. The molecule has 0 N–H and O–H groups in total. The molecule has 0 amide bonds. The molecule has 412 valence electrons. The maximum absolute atomic E-state index is 14.3. The summed E-state index contributed by atoms with van der Waals surface area (Å²) in [5.41, 5.74) is 4.86. The minimum Gasteiger partial charge on any atom is -0.302 e. The standard InChI is InChI=1S/C36H52F2.C10H20.C7H17N.C7H16.C3H8.2C2H6/c1-7-31-33(37)23-27(24-34(31)38)13-12-26-14-17-32-25(3)18-21-36(6)29(11-9-10-28(32)22-26)15-16-30(36)19-20-35(4,5)8-2;1-4-7-9-10(6-3)8-5-2;1-6(2)8(5)7(3)4;1-4-5-6-7(2)3;1-3-2;2*1-2/h12-13,17,22-26,29-30H,7-11,14-16,18-21H2,1-6H3;5,10H,2,4,6-9H2,1,3H3;6-7H,1-5H3;7H,4-6H2,1-3H3;3H2,1-2H3;2*1-2H3/b13-12-;;;;;;. The summed E-state index contributed by atoms with van der Waals surface area (Å²) >= 11 is 0. The molecule has 1 aromatic carbocycles. The van der Waals surface area contributed by atoms with E-state index in [-0.39, 0.29) is 5.56 Å². The summed E-state index contributed by atoms with van der Waals surface area (Å²) in [5.74, 6) is 3.57. The minimum absolute atomic E-state index is 0.180. The maximum Gasteiger partial charge on any atom is 0.129 e. The van der Waals surface area contributed by atoms with Crippen LogP contribution in [0.15, 0.2) is 54.2 Å². The predicted octanol–water partition coefficient (Wildman–Crippen LogP) is 23.1. The molecule has 0 bridgehead atoms. The molecule has 2 saturated carbocycles. The molecular weight excluding hydrogens is 857 g/mol. The number of hydrogen-bond acceptors (Lipinski definition) is 1. The highest BCUT2D eigenvalue weighted by Crippen LogP contribution is 2.56. The Bertz CT molecular complexity index is 1460. The second-order valence-corrected chi connectivity index (χ2v) is 22.8. The lowest BCUT2D eigenvalue weighted by molar-refractivity contribution is 0.106. The fourth-order valence-electron chi connectivity index (χ4n) is 10.1. The summed E-state index contributed by atoms with van der Waals surface area (Å²) in [4.78, 5) is 2.33. The Morgan fingerprint density at radius 1 is 0.829 bits per heavy atom. The average Bonchev–Trinajstić information content (AvgIpc) is 3.65. The molecule has 2 fully saturated rings. The lowest BCUT2D eigenvalue weighted by atomic mass is 9.64. The number of nitrogens with zero attached hydrogens (tertiary/aromatic N) is 1. The van der Waals surface area contributed by atoms with Gasteiger partial charge in [-0.3, -0.25) is 0 Å². The molecule has 0 heterocycles. The zero-order valence-electron chi connectivity index (χ0n) is 51.4. The molecule has 3 aliphatic carbocycles. The van der Waals surface area contributed by atoms with Crippen molar-refractivity contribution in [3.8, 4) is 0 Å². The van der Waals surface area contributed by atoms with E-state index in [1.807, 2.05) is 39.8 Å². The van der Waals surface area contributed by atoms with E-state index in [0.717, 1.165) is 36.5 Å². The van der Waals surface area contributed by atoms with Gasteiger partial charge in [-0.2, -0.15) is 0 Å². The number of halogens is 2. The van der Waals surface area contributed by atoms with Gasteiger partial charge in [-0.1, -0.05) is 206 Å². The monoisotopic (exact) mass is 982 g/mol. The highest BCUT2D eigenvalue weighted by Gasteiger charge is 2.46. The molecule has 1 nitrogen and oxygen atoms in total. The fraction of sp³-hybridized carbons (Fsp3) is 0.791. The van der Waals surface area contributed by atoms with Crippen molar-refractivity contribution in [2.45, 2.75) is 292 Å². The fourth-order valence-corrected chi connectivity index (χ4v) is 10.1. The lowest BCUT2D eigenvalue weighted by Gasteiger charge is -2.41. The van der Waals surface area contributed by atoms with Gasteiger partial charge in [-0.25, -0.2) is 8.78 Å². The van der Waals surface area contributed by atoms with Gasteiger partial charge in [0, 0.05) is 17.6 Å². The third kappa shape index (κ3) is 29.6. The van der Waals surface area contributed by atoms with Gasteiger partial charge in [-0.05, 0) is 187 Å². The van der Waals surface area contributed by atoms with E-state index in [1.165, 1.54) is 133 Å². The van der Waals surface area contributed by atoms with Crippen LogP contribution in [0, 0.1) is 58.0 Å². The molecule has 0 aromatic heterocycles. The number of rotatable bonds is 18. The summed E-state index contributed by atoms with van der Waals surface area (Å²) in [6.45, 7) is 50.3. The highest BCUT2D eigenvalue weighted by molar-refractivity contribution is 5.52. The van der Waals surface area contributed by atoms with E-state index < -0.39 is 11.6 Å². The number of unbranched alkanes of at least 4 members (excludes halogenated alkanes) is 2. The third-order valence-electron chi connectivity index (χ3n) is 15.8. The Balaban J connectivity index is -0.00000114. The summed E-state index contributed by atoms with van der Waals surface area (Å²) in [6.07, 6.45) is 37.7. The Morgan fingerprint density at radius 2 is 1.39 bits per heavy atom. The van der Waals surface area contributed by atoms with Gasteiger partial charge < -0.3 is 4.90 Å². The molecule has 70 heavy (non-hydrogen) atoms. The van der Waals surface area contributed by atoms with Crippen LogP contribution in [0.4, 0.5) is 8.78 Å². The van der Waals surface area contributed by atoms with E-state index in [0.29, 0.717) is 46.7 Å². The van der Waals surface area contributed by atoms with Gasteiger partial charge in [0.05, 0.1) is 0 Å². The van der Waals surface area contributed by atoms with Crippen LogP contribution in [0.5, 0.6) is 0 Å². The van der Waals surface area contributed by atoms with E-state index in [4.69, 9.17) is 0 Å². The average molecular weight is 983 g/mol. The molecular formula is C67H125F2N. The van der Waals surface area contributed by atoms with Crippen LogP contribution in [0.3, 0.4) is 0 Å². The molecule has 0 radical (unpaired) electrons. The first-order chi connectivity index (χ1) is 33.1. The molecule has 0 saturated heterocycles. The Kier molecular flexibility index (Phi) is 43.7. The minimum atomic E-state index is -0.437. The molecule has 6 unspecified atom stereocenters. The van der Waals surface area contributed by atoms with Crippen molar-refractivity contribution in [2.24, 2.45) is 46.3 Å². The largest absolute Gasteiger partial charge is 0.302 e. The number of benzene rings is 1. The van der Waals surface area contributed by atoms with Crippen molar-refractivity contribution in [2.75, 3.05) is 7.05 Å². The van der Waals surface area contributed by atoms with E-state index in [1.54, 1.807) is 12.5 Å². The van der Waals surface area contributed by atoms with Crippen molar-refractivity contribution >= 4 is 6.08 Å². The van der Waals surface area contributed by atoms with Crippen LogP contribution < -0.4 is 0 Å². The van der Waals surface area contributed by atoms with Gasteiger partial charge in [0.1, 0.15) is 11.6 Å². The number of hydrogen-bond donors (Lipinski definition) is 0. The van der Waals surface area contributed by atoms with Crippen LogP contribution in [-0.2, 0) is 6.42 Å². The molecule has 0 aliphatic heterocycles. The van der Waals surface area contributed by atoms with Crippen molar-refractivity contribution < 1.29 is 8.78 Å². The second kappa shape index (κ2) is 42.4. The highest BCUT2D eigenvalue weighted by atomic mass is 19.1. The smallest absolute Gasteiger partial charge is 0.129 e. The topological polar surface area (TPSA) is 3.24 Å². The first-order valence-corrected chi connectivity index (χ1v) is 30.0. The van der Waals surface area contributed by atoms with Crippen molar-refractivity contribution in [1.29, 1.82) is 0 Å². The van der Waals surface area contributed by atoms with E-state index >= 15 is 0 Å². The second-order valence-electron chi connectivity index (χ2n) is 22.8.